The molecule has 1 unspecified atom stereocenters. The van der Waals surface area contributed by atoms with Crippen molar-refractivity contribution in [3.8, 4) is 0 Å². The summed E-state index contributed by atoms with van der Waals surface area (Å²) < 4.78 is 5.43. The summed E-state index contributed by atoms with van der Waals surface area (Å²) in [7, 11) is 0. The molecule has 2 heterocycles. The van der Waals surface area contributed by atoms with Gasteiger partial charge in [-0.1, -0.05) is 19.3 Å². The lowest BCUT2D eigenvalue weighted by Gasteiger charge is -2.21. The van der Waals surface area contributed by atoms with Crippen LogP contribution in [0.4, 0.5) is 11.8 Å². The van der Waals surface area contributed by atoms with Gasteiger partial charge in [0, 0.05) is 36.1 Å². The van der Waals surface area contributed by atoms with Gasteiger partial charge in [-0.05, 0) is 19.3 Å². The van der Waals surface area contributed by atoms with Crippen molar-refractivity contribution < 1.29 is 4.74 Å². The lowest BCUT2D eigenvalue weighted by Crippen LogP contribution is -2.14. The van der Waals surface area contributed by atoms with Gasteiger partial charge >= 0.3 is 0 Å². The fourth-order valence-corrected chi connectivity index (χ4v) is 4.41. The minimum Gasteiger partial charge on any atom is -0.381 e. The highest BCUT2D eigenvalue weighted by Gasteiger charge is 2.20. The third-order valence-electron chi connectivity index (χ3n) is 4.43. The summed E-state index contributed by atoms with van der Waals surface area (Å²) in [4.78, 5) is 8.65. The largest absolute Gasteiger partial charge is 0.381 e. The summed E-state index contributed by atoms with van der Waals surface area (Å²) in [5, 5.41) is 4.25. The van der Waals surface area contributed by atoms with Crippen LogP contribution in [0.1, 0.15) is 50.1 Å². The van der Waals surface area contributed by atoms with Gasteiger partial charge in [0.1, 0.15) is 5.82 Å². The van der Waals surface area contributed by atoms with E-state index in [1.54, 1.807) is 0 Å². The van der Waals surface area contributed by atoms with Crippen molar-refractivity contribution in [2.75, 3.05) is 36.6 Å². The Morgan fingerprint density at radius 3 is 2.86 bits per heavy atom. The van der Waals surface area contributed by atoms with Crippen LogP contribution in [0.2, 0.25) is 0 Å². The summed E-state index contributed by atoms with van der Waals surface area (Å²) >= 11 is 2.09. The summed E-state index contributed by atoms with van der Waals surface area (Å²) in [6, 6.07) is 2.03. The van der Waals surface area contributed by atoms with E-state index < -0.39 is 0 Å². The van der Waals surface area contributed by atoms with Gasteiger partial charge in [0.2, 0.25) is 5.95 Å². The third-order valence-corrected chi connectivity index (χ3v) is 5.81. The van der Waals surface area contributed by atoms with Crippen LogP contribution in [0.15, 0.2) is 6.07 Å². The molecule has 2 aliphatic rings. The Morgan fingerprint density at radius 1 is 1.23 bits per heavy atom. The van der Waals surface area contributed by atoms with Crippen LogP contribution in [0.3, 0.4) is 0 Å². The average Bonchev–Trinajstić information content (AvgIpc) is 3.07. The molecule has 0 bridgehead atoms. The van der Waals surface area contributed by atoms with E-state index in [1.807, 2.05) is 6.07 Å². The maximum atomic E-state index is 5.84. The van der Waals surface area contributed by atoms with Gasteiger partial charge in [-0.2, -0.15) is 16.7 Å². The Morgan fingerprint density at radius 2 is 2.09 bits per heavy atom. The van der Waals surface area contributed by atoms with Gasteiger partial charge in [0.15, 0.2) is 0 Å². The second-order valence-electron chi connectivity index (χ2n) is 6.15. The maximum Gasteiger partial charge on any atom is 0.222 e. The quantitative estimate of drug-likeness (QED) is 0.784. The number of nitrogen functional groups attached to an aromatic ring is 1. The number of thioether (sulfide) groups is 1. The number of aromatic nitrogens is 2. The van der Waals surface area contributed by atoms with Gasteiger partial charge in [0.05, 0.1) is 12.3 Å². The Bertz CT molecular complexity index is 473. The van der Waals surface area contributed by atoms with E-state index in [1.165, 1.54) is 32.1 Å². The van der Waals surface area contributed by atoms with E-state index >= 15 is 0 Å². The summed E-state index contributed by atoms with van der Waals surface area (Å²) in [5.41, 5.74) is 6.85. The molecule has 2 fully saturated rings. The molecule has 1 aromatic heterocycles. The molecule has 1 aromatic rings. The van der Waals surface area contributed by atoms with E-state index in [9.17, 15) is 0 Å². The van der Waals surface area contributed by atoms with Crippen molar-refractivity contribution in [2.24, 2.45) is 0 Å². The molecule has 22 heavy (non-hydrogen) atoms. The Hall–Kier alpha value is -1.01. The maximum absolute atomic E-state index is 5.84. The first-order valence-electron chi connectivity index (χ1n) is 8.39. The summed E-state index contributed by atoms with van der Waals surface area (Å²) in [6.45, 7) is 2.49. The molecule has 0 amide bonds. The van der Waals surface area contributed by atoms with Crippen LogP contribution in [0.5, 0.6) is 0 Å². The average molecular weight is 322 g/mol. The number of rotatable bonds is 6. The van der Waals surface area contributed by atoms with Crippen LogP contribution >= 0.6 is 11.8 Å². The molecule has 1 atom stereocenters. The molecule has 3 N–H and O–H groups in total. The number of nitrogens with zero attached hydrogens (tertiary/aromatic N) is 2. The fraction of sp³-hybridized carbons (Fsp3) is 0.750. The van der Waals surface area contributed by atoms with Gasteiger partial charge in [0.25, 0.3) is 0 Å². The molecule has 1 aliphatic heterocycles. The topological polar surface area (TPSA) is 73.1 Å². The fourth-order valence-electron chi connectivity index (χ4n) is 3.19. The number of nitrogens with one attached hydrogen (secondary N) is 1. The second kappa shape index (κ2) is 8.02. The predicted molar refractivity (Wildman–Crippen MR) is 92.4 cm³/mol. The molecule has 122 valence electrons. The van der Waals surface area contributed by atoms with E-state index in [-0.39, 0.29) is 0 Å². The lowest BCUT2D eigenvalue weighted by atomic mass is 10.0. The zero-order valence-electron chi connectivity index (χ0n) is 13.1. The summed E-state index contributed by atoms with van der Waals surface area (Å²) in [6.07, 6.45) is 8.02. The first-order chi connectivity index (χ1) is 10.8. The van der Waals surface area contributed by atoms with Crippen LogP contribution in [-0.4, -0.2) is 40.7 Å². The first kappa shape index (κ1) is 15.9. The van der Waals surface area contributed by atoms with Gasteiger partial charge in [-0.3, -0.25) is 0 Å². The molecule has 1 aliphatic carbocycles. The van der Waals surface area contributed by atoms with Crippen LogP contribution in [-0.2, 0) is 4.74 Å². The highest BCUT2D eigenvalue weighted by molar-refractivity contribution is 7.99. The van der Waals surface area contributed by atoms with E-state index in [4.69, 9.17) is 10.5 Å². The van der Waals surface area contributed by atoms with Crippen molar-refractivity contribution in [3.05, 3.63) is 11.8 Å². The van der Waals surface area contributed by atoms with E-state index in [0.29, 0.717) is 11.9 Å². The number of hydrogen-bond donors (Lipinski definition) is 2. The van der Waals surface area contributed by atoms with Crippen molar-refractivity contribution >= 4 is 23.5 Å². The third kappa shape index (κ3) is 4.49. The Labute approximate surface area is 136 Å². The molecule has 5 nitrogen and oxygen atoms in total. The normalized spacial score (nSPS) is 22.8. The van der Waals surface area contributed by atoms with Crippen LogP contribution < -0.4 is 11.1 Å². The minimum atomic E-state index is 0.354. The van der Waals surface area contributed by atoms with Crippen LogP contribution in [0.25, 0.3) is 0 Å². The van der Waals surface area contributed by atoms with Crippen molar-refractivity contribution in [1.82, 2.24) is 9.97 Å². The number of nitrogens with two attached hydrogens (primary N) is 1. The number of ether oxygens (including phenoxy) is 1. The van der Waals surface area contributed by atoms with Crippen molar-refractivity contribution in [2.45, 2.75) is 49.7 Å². The molecule has 0 spiro atoms. The van der Waals surface area contributed by atoms with Crippen molar-refractivity contribution in [1.29, 1.82) is 0 Å². The Balaban J connectivity index is 1.47. The molecule has 1 saturated carbocycles. The van der Waals surface area contributed by atoms with E-state index in [0.717, 1.165) is 48.7 Å². The predicted octanol–water partition coefficient (Wildman–Crippen LogP) is 3.04. The monoisotopic (exact) mass is 322 g/mol. The Kier molecular flexibility index (Phi) is 5.78. The van der Waals surface area contributed by atoms with Gasteiger partial charge < -0.3 is 15.8 Å². The molecular formula is C16H26N4OS. The van der Waals surface area contributed by atoms with Gasteiger partial charge in [-0.25, -0.2) is 4.98 Å². The second-order valence-corrected chi connectivity index (χ2v) is 7.56. The summed E-state index contributed by atoms with van der Waals surface area (Å²) in [5.74, 6) is 2.68. The zero-order valence-corrected chi connectivity index (χ0v) is 13.9. The molecule has 1 saturated heterocycles. The molecule has 3 rings (SSSR count). The molecule has 0 radical (unpaired) electrons. The van der Waals surface area contributed by atoms with Crippen LogP contribution in [0, 0.1) is 0 Å². The zero-order chi connectivity index (χ0) is 15.2. The highest BCUT2D eigenvalue weighted by Crippen LogP contribution is 2.28. The van der Waals surface area contributed by atoms with E-state index in [2.05, 4.69) is 27.0 Å². The van der Waals surface area contributed by atoms with Gasteiger partial charge in [-0.15, -0.1) is 0 Å². The minimum absolute atomic E-state index is 0.354. The standard InChI is InChI=1S/C16H26N4OS/c17-16-19-14(12-6-8-21-11-12)10-15(20-16)18-7-9-22-13-4-2-1-3-5-13/h10,12-13H,1-9,11H2,(H3,17,18,19,20). The smallest absolute Gasteiger partial charge is 0.222 e. The first-order valence-corrected chi connectivity index (χ1v) is 9.44. The molecule has 6 heteroatoms. The number of hydrogen-bond acceptors (Lipinski definition) is 6. The molecule has 0 aromatic carbocycles. The SMILES string of the molecule is Nc1nc(NCCSC2CCCCC2)cc(C2CCOC2)n1. The highest BCUT2D eigenvalue weighted by atomic mass is 32.2. The lowest BCUT2D eigenvalue weighted by molar-refractivity contribution is 0.193. The molecular weight excluding hydrogens is 296 g/mol. The number of anilines is 2. The van der Waals surface area contributed by atoms with Crippen molar-refractivity contribution in [3.63, 3.8) is 0 Å².